The fourth-order valence-electron chi connectivity index (χ4n) is 2.07. The lowest BCUT2D eigenvalue weighted by Crippen LogP contribution is -2.44. The normalized spacial score (nSPS) is 16.8. The maximum atomic E-state index is 12.5. The number of hydrogen-bond acceptors (Lipinski definition) is 5. The van der Waals surface area contributed by atoms with Gasteiger partial charge in [-0.3, -0.25) is 4.79 Å². The summed E-state index contributed by atoms with van der Waals surface area (Å²) >= 11 is 5.71. The highest BCUT2D eigenvalue weighted by Gasteiger charge is 2.31. The summed E-state index contributed by atoms with van der Waals surface area (Å²) in [5, 5.41) is 5.56. The lowest BCUT2D eigenvalue weighted by atomic mass is 10.2. The third-order valence-corrected chi connectivity index (χ3v) is 3.50. The molecule has 2 rings (SSSR count). The van der Waals surface area contributed by atoms with E-state index >= 15 is 0 Å². The number of rotatable bonds is 6. The lowest BCUT2D eigenvalue weighted by Gasteiger charge is -2.23. The molecule has 1 fully saturated rings. The molecule has 1 aromatic rings. The minimum Gasteiger partial charge on any atom is -0.475 e. The molecule has 26 heavy (non-hydrogen) atoms. The van der Waals surface area contributed by atoms with Gasteiger partial charge in [0.25, 0.3) is 0 Å². The van der Waals surface area contributed by atoms with Crippen LogP contribution in [-0.2, 0) is 15.7 Å². The van der Waals surface area contributed by atoms with Crippen molar-refractivity contribution in [3.8, 4) is 5.88 Å². The number of nitrogens with zero attached hydrogens (tertiary/aromatic N) is 1. The van der Waals surface area contributed by atoms with Gasteiger partial charge >= 0.3 is 6.18 Å². The third kappa shape index (κ3) is 8.13. The summed E-state index contributed by atoms with van der Waals surface area (Å²) in [5.74, 6) is -0.283. The average molecular weight is 441 g/mol. The van der Waals surface area contributed by atoms with Gasteiger partial charge in [0.2, 0.25) is 11.8 Å². The van der Waals surface area contributed by atoms with E-state index in [4.69, 9.17) is 21.1 Å². The summed E-state index contributed by atoms with van der Waals surface area (Å²) in [6.07, 6.45) is -3.59. The molecular weight excluding hydrogens is 422 g/mol. The summed E-state index contributed by atoms with van der Waals surface area (Å²) < 4.78 is 47.9. The zero-order chi connectivity index (χ0) is 17.6. The van der Waals surface area contributed by atoms with Crippen LogP contribution in [0.3, 0.4) is 0 Å². The van der Waals surface area contributed by atoms with E-state index in [0.29, 0.717) is 26.0 Å². The number of hydrogen-bond donors (Lipinski definition) is 2. The molecule has 12 heteroatoms. The summed E-state index contributed by atoms with van der Waals surface area (Å²) in [6.45, 7) is 2.05. The molecule has 1 aromatic heterocycles. The van der Waals surface area contributed by atoms with Gasteiger partial charge in [0.15, 0.2) is 0 Å². The summed E-state index contributed by atoms with van der Waals surface area (Å²) in [5.41, 5.74) is -0.949. The second kappa shape index (κ2) is 11.7. The lowest BCUT2D eigenvalue weighted by molar-refractivity contribution is -0.137. The molecule has 1 atom stereocenters. The summed E-state index contributed by atoms with van der Waals surface area (Å²) in [7, 11) is 0. The van der Waals surface area contributed by atoms with Gasteiger partial charge in [0, 0.05) is 25.2 Å². The second-order valence-corrected chi connectivity index (χ2v) is 5.54. The molecule has 1 aliphatic rings. The van der Waals surface area contributed by atoms with Gasteiger partial charge < -0.3 is 20.1 Å². The number of carbonyl (C=O) groups is 1. The van der Waals surface area contributed by atoms with Crippen LogP contribution in [0.5, 0.6) is 5.88 Å². The van der Waals surface area contributed by atoms with E-state index in [0.717, 1.165) is 6.07 Å². The minimum atomic E-state index is -4.51. The van der Waals surface area contributed by atoms with Gasteiger partial charge in [0.05, 0.1) is 25.3 Å². The Hall–Kier alpha value is -1.00. The smallest absolute Gasteiger partial charge is 0.417 e. The molecule has 150 valence electrons. The number of ether oxygens (including phenoxy) is 2. The Balaban J connectivity index is 0.00000312. The fourth-order valence-corrected chi connectivity index (χ4v) is 2.29. The van der Waals surface area contributed by atoms with E-state index in [9.17, 15) is 18.0 Å². The predicted octanol–water partition coefficient (Wildman–Crippen LogP) is 2.47. The van der Waals surface area contributed by atoms with Gasteiger partial charge in [-0.1, -0.05) is 11.6 Å². The number of alkyl halides is 3. The van der Waals surface area contributed by atoms with E-state index in [-0.39, 0.29) is 67.2 Å². The number of nitrogens with one attached hydrogen (secondary N) is 2. The van der Waals surface area contributed by atoms with Gasteiger partial charge in [-0.05, 0) is 6.07 Å². The van der Waals surface area contributed by atoms with Crippen molar-refractivity contribution in [3.05, 3.63) is 22.8 Å². The molecule has 0 aliphatic carbocycles. The largest absolute Gasteiger partial charge is 0.475 e. The molecule has 0 aromatic carbocycles. The predicted molar refractivity (Wildman–Crippen MR) is 94.5 cm³/mol. The van der Waals surface area contributed by atoms with Crippen molar-refractivity contribution in [1.29, 1.82) is 0 Å². The van der Waals surface area contributed by atoms with E-state index in [1.807, 2.05) is 0 Å². The molecular formula is C14H19Cl3F3N3O3. The molecule has 0 bridgehead atoms. The molecule has 0 spiro atoms. The number of pyridine rings is 1. The molecule has 0 saturated carbocycles. The highest BCUT2D eigenvalue weighted by atomic mass is 35.5. The van der Waals surface area contributed by atoms with Gasteiger partial charge in [-0.2, -0.15) is 13.2 Å². The number of aromatic nitrogens is 1. The molecule has 0 radical (unpaired) electrons. The Bertz CT molecular complexity index is 573. The van der Waals surface area contributed by atoms with Crippen LogP contribution < -0.4 is 15.4 Å². The quantitative estimate of drug-likeness (QED) is 0.665. The molecule has 1 unspecified atom stereocenters. The van der Waals surface area contributed by atoms with Crippen molar-refractivity contribution in [3.63, 3.8) is 0 Å². The Kier molecular flexibility index (Phi) is 11.2. The van der Waals surface area contributed by atoms with Crippen LogP contribution in [0.2, 0.25) is 5.02 Å². The van der Waals surface area contributed by atoms with Gasteiger partial charge in [0.1, 0.15) is 11.6 Å². The Morgan fingerprint density at radius 1 is 1.46 bits per heavy atom. The zero-order valence-corrected chi connectivity index (χ0v) is 15.9. The second-order valence-electron chi connectivity index (χ2n) is 5.14. The van der Waals surface area contributed by atoms with Crippen LogP contribution in [0.4, 0.5) is 13.2 Å². The van der Waals surface area contributed by atoms with Crippen LogP contribution in [0.25, 0.3) is 0 Å². The minimum absolute atomic E-state index is 0. The van der Waals surface area contributed by atoms with E-state index < -0.39 is 11.7 Å². The van der Waals surface area contributed by atoms with Gasteiger partial charge in [-0.15, -0.1) is 24.8 Å². The zero-order valence-electron chi connectivity index (χ0n) is 13.5. The van der Waals surface area contributed by atoms with Crippen molar-refractivity contribution >= 4 is 42.3 Å². The molecule has 6 nitrogen and oxygen atoms in total. The van der Waals surface area contributed by atoms with E-state index in [2.05, 4.69) is 15.6 Å². The van der Waals surface area contributed by atoms with E-state index in [1.54, 1.807) is 0 Å². The van der Waals surface area contributed by atoms with Crippen LogP contribution in [0.1, 0.15) is 12.0 Å². The fraction of sp³-hybridized carbons (Fsp3) is 0.571. The van der Waals surface area contributed by atoms with Crippen LogP contribution >= 0.6 is 36.4 Å². The van der Waals surface area contributed by atoms with Gasteiger partial charge in [-0.25, -0.2) is 4.98 Å². The molecule has 2 N–H and O–H groups in total. The van der Waals surface area contributed by atoms with Crippen LogP contribution in [-0.4, -0.2) is 49.8 Å². The Morgan fingerprint density at radius 3 is 2.77 bits per heavy atom. The van der Waals surface area contributed by atoms with Crippen molar-refractivity contribution < 1.29 is 27.4 Å². The SMILES string of the molecule is Cl.Cl.O=C(CC1COCCN1)NCCOc1ncc(C(F)(F)F)cc1Cl. The van der Waals surface area contributed by atoms with Crippen molar-refractivity contribution in [2.24, 2.45) is 0 Å². The van der Waals surface area contributed by atoms with Crippen molar-refractivity contribution in [2.45, 2.75) is 18.6 Å². The molecule has 1 aliphatic heterocycles. The first-order valence-corrected chi connectivity index (χ1v) is 7.67. The Labute approximate surface area is 166 Å². The van der Waals surface area contributed by atoms with Crippen LogP contribution in [0.15, 0.2) is 12.3 Å². The first-order valence-electron chi connectivity index (χ1n) is 7.29. The monoisotopic (exact) mass is 439 g/mol. The maximum absolute atomic E-state index is 12.5. The number of amides is 1. The number of morpholine rings is 1. The molecule has 2 heterocycles. The summed E-state index contributed by atoms with van der Waals surface area (Å²) in [4.78, 5) is 15.3. The first-order chi connectivity index (χ1) is 11.4. The maximum Gasteiger partial charge on any atom is 0.417 e. The number of halogens is 6. The van der Waals surface area contributed by atoms with Crippen LogP contribution in [0, 0.1) is 0 Å². The topological polar surface area (TPSA) is 72.5 Å². The molecule has 1 amide bonds. The van der Waals surface area contributed by atoms with Crippen molar-refractivity contribution in [1.82, 2.24) is 15.6 Å². The standard InChI is InChI=1S/C14H17ClF3N3O3.2ClH/c15-11-5-9(14(16,17)18)7-21-13(11)24-4-2-20-12(22)6-10-8-23-3-1-19-10;;/h5,7,10,19H,1-4,6,8H2,(H,20,22);2*1H. The number of carbonyl (C=O) groups excluding carboxylic acids is 1. The first kappa shape index (κ1) is 25.0. The summed E-state index contributed by atoms with van der Waals surface area (Å²) in [6, 6.07) is 0.725. The highest BCUT2D eigenvalue weighted by molar-refractivity contribution is 6.31. The molecule has 1 saturated heterocycles. The van der Waals surface area contributed by atoms with Crippen molar-refractivity contribution in [2.75, 3.05) is 32.9 Å². The van der Waals surface area contributed by atoms with E-state index in [1.165, 1.54) is 0 Å². The highest BCUT2D eigenvalue weighted by Crippen LogP contribution is 2.32. The third-order valence-electron chi connectivity index (χ3n) is 3.23. The Morgan fingerprint density at radius 2 is 2.19 bits per heavy atom. The average Bonchev–Trinajstić information content (AvgIpc) is 2.52.